The number of benzene rings is 2. The lowest BCUT2D eigenvalue weighted by atomic mass is 10.0. The minimum absolute atomic E-state index is 0.0468. The molecule has 0 radical (unpaired) electrons. The first-order chi connectivity index (χ1) is 9.65. The lowest BCUT2D eigenvalue weighted by molar-refractivity contribution is 1.18. The first-order valence-electron chi connectivity index (χ1n) is 6.21. The topological polar surface area (TPSA) is 103 Å². The maximum Gasteiger partial charge on any atom is 0.223 e. The zero-order chi connectivity index (χ0) is 14.4. The lowest BCUT2D eigenvalue weighted by Gasteiger charge is -2.06. The molecule has 0 heterocycles. The Bertz CT molecular complexity index is 628. The Hall–Kier alpha value is -2.82. The molecular formula is C15H17N5. The molecule has 0 aliphatic heterocycles. The lowest BCUT2D eigenvalue weighted by Crippen LogP contribution is -2.26. The monoisotopic (exact) mass is 267 g/mol. The van der Waals surface area contributed by atoms with Crippen molar-refractivity contribution in [1.82, 2.24) is 0 Å². The van der Waals surface area contributed by atoms with Gasteiger partial charge in [0.15, 0.2) is 5.96 Å². The Morgan fingerprint density at radius 2 is 1.50 bits per heavy atom. The Balaban J connectivity index is 2.29. The van der Waals surface area contributed by atoms with Crippen LogP contribution < -0.4 is 17.2 Å². The summed E-state index contributed by atoms with van der Waals surface area (Å²) >= 11 is 0. The minimum atomic E-state index is -0.105. The van der Waals surface area contributed by atoms with Crippen molar-refractivity contribution >= 4 is 17.6 Å². The van der Waals surface area contributed by atoms with Gasteiger partial charge < -0.3 is 17.2 Å². The Morgan fingerprint density at radius 1 is 0.850 bits per heavy atom. The molecule has 0 aromatic heterocycles. The summed E-state index contributed by atoms with van der Waals surface area (Å²) in [5.74, 6) is -0.0581. The van der Waals surface area contributed by atoms with Gasteiger partial charge in [-0.05, 0) is 23.6 Å². The highest BCUT2D eigenvalue weighted by molar-refractivity contribution is 5.93. The van der Waals surface area contributed by atoms with Crippen molar-refractivity contribution in [2.24, 2.45) is 27.2 Å². The fourth-order valence-corrected chi connectivity index (χ4v) is 1.87. The predicted octanol–water partition coefficient (Wildman–Crippen LogP) is 1.50. The quantitative estimate of drug-likeness (QED) is 0.580. The highest BCUT2D eigenvalue weighted by Crippen LogP contribution is 2.21. The van der Waals surface area contributed by atoms with Gasteiger partial charge in [-0.15, -0.1) is 0 Å². The third-order valence-corrected chi connectivity index (χ3v) is 2.71. The molecule has 0 saturated heterocycles. The average Bonchev–Trinajstić information content (AvgIpc) is 2.41. The van der Waals surface area contributed by atoms with E-state index < -0.39 is 0 Å². The van der Waals surface area contributed by atoms with Gasteiger partial charge in [-0.3, -0.25) is 0 Å². The fraction of sp³-hybridized carbons (Fsp3) is 0.0667. The first kappa shape index (κ1) is 13.6. The molecule has 0 saturated carbocycles. The minimum Gasteiger partial charge on any atom is -0.370 e. The van der Waals surface area contributed by atoms with Crippen LogP contribution in [0.5, 0.6) is 0 Å². The summed E-state index contributed by atoms with van der Waals surface area (Å²) in [5.41, 5.74) is 19.3. The van der Waals surface area contributed by atoms with Gasteiger partial charge in [0.05, 0.1) is 5.69 Å². The molecular weight excluding hydrogens is 250 g/mol. The van der Waals surface area contributed by atoms with Crippen molar-refractivity contribution in [1.29, 1.82) is 0 Å². The Morgan fingerprint density at radius 3 is 2.20 bits per heavy atom. The van der Waals surface area contributed by atoms with Gasteiger partial charge in [0, 0.05) is 0 Å². The summed E-state index contributed by atoms with van der Waals surface area (Å²) in [6.45, 7) is 0. The SMILES string of the molecule is NC(N)=NC(N)=Nc1ccccc1Cc1ccccc1. The van der Waals surface area contributed by atoms with Crippen LogP contribution in [-0.4, -0.2) is 11.9 Å². The zero-order valence-electron chi connectivity index (χ0n) is 11.0. The number of hydrogen-bond donors (Lipinski definition) is 3. The normalized spacial score (nSPS) is 11.1. The summed E-state index contributed by atoms with van der Waals surface area (Å²) in [6, 6.07) is 17.9. The molecule has 20 heavy (non-hydrogen) atoms. The second-order valence-electron chi connectivity index (χ2n) is 4.30. The number of nitrogens with zero attached hydrogens (tertiary/aromatic N) is 2. The molecule has 2 aromatic carbocycles. The van der Waals surface area contributed by atoms with Gasteiger partial charge in [-0.25, -0.2) is 4.99 Å². The summed E-state index contributed by atoms with van der Waals surface area (Å²) in [4.78, 5) is 7.96. The van der Waals surface area contributed by atoms with Crippen LogP contribution >= 0.6 is 0 Å². The molecule has 0 atom stereocenters. The molecule has 0 amide bonds. The van der Waals surface area contributed by atoms with E-state index in [2.05, 4.69) is 22.1 Å². The Kier molecular flexibility index (Phi) is 4.34. The summed E-state index contributed by atoms with van der Waals surface area (Å²) < 4.78 is 0. The van der Waals surface area contributed by atoms with Crippen molar-refractivity contribution in [3.05, 3.63) is 65.7 Å². The third kappa shape index (κ3) is 3.84. The van der Waals surface area contributed by atoms with E-state index in [9.17, 15) is 0 Å². The van der Waals surface area contributed by atoms with E-state index in [0.29, 0.717) is 0 Å². The smallest absolute Gasteiger partial charge is 0.223 e. The van der Waals surface area contributed by atoms with Crippen LogP contribution in [0, 0.1) is 0 Å². The number of para-hydroxylation sites is 1. The third-order valence-electron chi connectivity index (χ3n) is 2.71. The van der Waals surface area contributed by atoms with E-state index in [1.54, 1.807) is 0 Å². The molecule has 0 fully saturated rings. The van der Waals surface area contributed by atoms with Crippen LogP contribution in [0.4, 0.5) is 5.69 Å². The predicted molar refractivity (Wildman–Crippen MR) is 82.8 cm³/mol. The molecule has 5 heteroatoms. The van der Waals surface area contributed by atoms with Crippen LogP contribution in [0.2, 0.25) is 0 Å². The zero-order valence-corrected chi connectivity index (χ0v) is 11.0. The van der Waals surface area contributed by atoms with Gasteiger partial charge in [0.25, 0.3) is 0 Å². The van der Waals surface area contributed by atoms with Gasteiger partial charge in [-0.2, -0.15) is 4.99 Å². The standard InChI is InChI=1S/C15H17N5/c16-14(17)20-15(18)19-13-9-5-4-8-12(13)10-11-6-2-1-3-7-11/h1-9H,10H2,(H6,16,17,18,19,20). The van der Waals surface area contributed by atoms with E-state index in [-0.39, 0.29) is 11.9 Å². The maximum atomic E-state index is 5.67. The summed E-state index contributed by atoms with van der Waals surface area (Å²) in [5, 5.41) is 0. The summed E-state index contributed by atoms with van der Waals surface area (Å²) in [7, 11) is 0. The van der Waals surface area contributed by atoms with Gasteiger partial charge in [-0.1, -0.05) is 48.5 Å². The van der Waals surface area contributed by atoms with Crippen LogP contribution in [0.25, 0.3) is 0 Å². The van der Waals surface area contributed by atoms with Crippen molar-refractivity contribution < 1.29 is 0 Å². The molecule has 5 nitrogen and oxygen atoms in total. The van der Waals surface area contributed by atoms with Crippen LogP contribution in [0.1, 0.15) is 11.1 Å². The van der Waals surface area contributed by atoms with Gasteiger partial charge >= 0.3 is 0 Å². The Labute approximate surface area is 117 Å². The van der Waals surface area contributed by atoms with E-state index in [4.69, 9.17) is 17.2 Å². The number of nitrogens with two attached hydrogens (primary N) is 3. The van der Waals surface area contributed by atoms with Crippen LogP contribution in [0.3, 0.4) is 0 Å². The molecule has 2 rings (SSSR count). The maximum absolute atomic E-state index is 5.67. The highest BCUT2D eigenvalue weighted by atomic mass is 15.1. The van der Waals surface area contributed by atoms with Crippen molar-refractivity contribution in [3.63, 3.8) is 0 Å². The van der Waals surface area contributed by atoms with E-state index >= 15 is 0 Å². The fourth-order valence-electron chi connectivity index (χ4n) is 1.87. The number of guanidine groups is 2. The van der Waals surface area contributed by atoms with Crippen LogP contribution in [-0.2, 0) is 6.42 Å². The van der Waals surface area contributed by atoms with Crippen molar-refractivity contribution in [2.75, 3.05) is 0 Å². The first-order valence-corrected chi connectivity index (χ1v) is 6.21. The van der Waals surface area contributed by atoms with E-state index in [0.717, 1.165) is 17.7 Å². The van der Waals surface area contributed by atoms with Gasteiger partial charge in [0.2, 0.25) is 5.96 Å². The molecule has 0 bridgehead atoms. The molecule has 0 aliphatic carbocycles. The van der Waals surface area contributed by atoms with Crippen molar-refractivity contribution in [2.45, 2.75) is 6.42 Å². The molecule has 6 N–H and O–H groups in total. The number of aliphatic imine (C=N–C) groups is 2. The van der Waals surface area contributed by atoms with Crippen LogP contribution in [0.15, 0.2) is 64.6 Å². The molecule has 0 spiro atoms. The van der Waals surface area contributed by atoms with Gasteiger partial charge in [0.1, 0.15) is 0 Å². The van der Waals surface area contributed by atoms with E-state index in [1.807, 2.05) is 42.5 Å². The molecule has 102 valence electrons. The molecule has 2 aromatic rings. The van der Waals surface area contributed by atoms with Crippen molar-refractivity contribution in [3.8, 4) is 0 Å². The number of rotatable bonds is 3. The second-order valence-corrected chi connectivity index (χ2v) is 4.30. The van der Waals surface area contributed by atoms with E-state index in [1.165, 1.54) is 5.56 Å². The summed E-state index contributed by atoms with van der Waals surface area (Å²) in [6.07, 6.45) is 0.773. The average molecular weight is 267 g/mol. The highest BCUT2D eigenvalue weighted by Gasteiger charge is 2.02. The largest absolute Gasteiger partial charge is 0.370 e. The number of hydrogen-bond acceptors (Lipinski definition) is 1. The molecule has 0 aliphatic rings. The molecule has 0 unspecified atom stereocenters. The second kappa shape index (κ2) is 6.38.